The van der Waals surface area contributed by atoms with Crippen molar-refractivity contribution in [3.05, 3.63) is 37.9 Å². The Balaban J connectivity index is 1.81. The third-order valence-electron chi connectivity index (χ3n) is 5.11. The van der Waals surface area contributed by atoms with Crippen LogP contribution >= 0.6 is 22.7 Å². The molecule has 4 nitrogen and oxygen atoms in total. The molecule has 1 aliphatic carbocycles. The molecule has 1 N–H and O–H groups in total. The third kappa shape index (κ3) is 3.71. The van der Waals surface area contributed by atoms with Crippen LogP contribution < -0.4 is 5.32 Å². The Morgan fingerprint density at radius 2 is 2.00 bits per heavy atom. The number of methoxy groups -OCH3 is 1. The van der Waals surface area contributed by atoms with Crippen molar-refractivity contribution in [1.29, 1.82) is 0 Å². The summed E-state index contributed by atoms with van der Waals surface area (Å²) in [6.45, 7) is 8.78. The zero-order valence-electron chi connectivity index (χ0n) is 15.9. The Kier molecular flexibility index (Phi) is 5.26. The number of hydrogen-bond donors (Lipinski definition) is 1. The largest absolute Gasteiger partial charge is 0.465 e. The van der Waals surface area contributed by atoms with E-state index in [1.165, 1.54) is 28.9 Å². The first-order valence-electron chi connectivity index (χ1n) is 8.80. The maximum Gasteiger partial charge on any atom is 0.340 e. The molecule has 1 atom stereocenters. The summed E-state index contributed by atoms with van der Waals surface area (Å²) in [7, 11) is 1.35. The molecule has 2 aromatic heterocycles. The lowest BCUT2D eigenvalue weighted by molar-refractivity contribution is 0.0602. The quantitative estimate of drug-likeness (QED) is 0.722. The summed E-state index contributed by atoms with van der Waals surface area (Å²) in [6.07, 6.45) is 3.10. The molecule has 0 radical (unpaired) electrons. The summed E-state index contributed by atoms with van der Waals surface area (Å²) in [5, 5.41) is 5.45. The Morgan fingerprint density at radius 3 is 2.65 bits per heavy atom. The van der Waals surface area contributed by atoms with E-state index in [1.807, 2.05) is 12.3 Å². The van der Waals surface area contributed by atoms with Gasteiger partial charge in [-0.3, -0.25) is 4.79 Å². The summed E-state index contributed by atoms with van der Waals surface area (Å²) >= 11 is 3.08. The number of anilines is 1. The van der Waals surface area contributed by atoms with Gasteiger partial charge in [0.25, 0.3) is 5.91 Å². The number of fused-ring (bicyclic) bond motifs is 1. The Labute approximate surface area is 162 Å². The molecule has 0 spiro atoms. The zero-order chi connectivity index (χ0) is 19.1. The normalized spacial score (nSPS) is 16.9. The van der Waals surface area contributed by atoms with Crippen LogP contribution in [-0.2, 0) is 17.6 Å². The van der Waals surface area contributed by atoms with E-state index in [4.69, 9.17) is 4.74 Å². The molecule has 0 aliphatic heterocycles. The van der Waals surface area contributed by atoms with Crippen molar-refractivity contribution in [1.82, 2.24) is 0 Å². The fraction of sp³-hybridized carbons (Fsp3) is 0.500. The minimum atomic E-state index is -0.426. The minimum Gasteiger partial charge on any atom is -0.465 e. The molecule has 3 rings (SSSR count). The van der Waals surface area contributed by atoms with Crippen LogP contribution in [-0.4, -0.2) is 19.0 Å². The molecule has 1 amide bonds. The fourth-order valence-corrected chi connectivity index (χ4v) is 5.54. The molecule has 2 aromatic rings. The van der Waals surface area contributed by atoms with Crippen molar-refractivity contribution >= 4 is 39.6 Å². The van der Waals surface area contributed by atoms with Gasteiger partial charge in [-0.25, -0.2) is 4.79 Å². The van der Waals surface area contributed by atoms with E-state index in [9.17, 15) is 9.59 Å². The molecule has 0 saturated heterocycles. The molecular weight excluding hydrogens is 366 g/mol. The molecule has 1 aliphatic rings. The summed E-state index contributed by atoms with van der Waals surface area (Å²) < 4.78 is 4.82. The lowest BCUT2D eigenvalue weighted by Gasteiger charge is -2.34. The molecule has 6 heteroatoms. The van der Waals surface area contributed by atoms with Crippen molar-refractivity contribution < 1.29 is 14.3 Å². The molecular formula is C20H25NO3S2. The monoisotopic (exact) mass is 391 g/mol. The van der Waals surface area contributed by atoms with E-state index in [0.717, 1.165) is 29.7 Å². The molecule has 0 fully saturated rings. The highest BCUT2D eigenvalue weighted by atomic mass is 32.1. The average molecular weight is 392 g/mol. The molecule has 0 aromatic carbocycles. The lowest BCUT2D eigenvalue weighted by atomic mass is 9.72. The number of aryl methyl sites for hydroxylation is 1. The second kappa shape index (κ2) is 7.16. The van der Waals surface area contributed by atoms with Gasteiger partial charge < -0.3 is 10.1 Å². The van der Waals surface area contributed by atoms with Gasteiger partial charge in [0, 0.05) is 15.1 Å². The average Bonchev–Trinajstić information content (AvgIpc) is 3.16. The smallest absolute Gasteiger partial charge is 0.340 e. The number of amides is 1. The van der Waals surface area contributed by atoms with Crippen molar-refractivity contribution in [3.63, 3.8) is 0 Å². The number of ether oxygens (including phenoxy) is 1. The van der Waals surface area contributed by atoms with Crippen molar-refractivity contribution in [3.8, 4) is 0 Å². The lowest BCUT2D eigenvalue weighted by Crippen LogP contribution is -2.27. The number of carbonyl (C=O) groups is 2. The van der Waals surface area contributed by atoms with Gasteiger partial charge in [-0.2, -0.15) is 0 Å². The van der Waals surface area contributed by atoms with Crippen LogP contribution in [0.2, 0.25) is 0 Å². The standard InChI is InChI=1S/C20H25NO3S2/c1-11-8-14(19(23)24-5)18(26-11)21-17(22)15-10-25-16-9-12(20(2,3)4)6-7-13(15)16/h8,10,12H,6-7,9H2,1-5H3,(H,21,22). The molecule has 0 bridgehead atoms. The van der Waals surface area contributed by atoms with Crippen LogP contribution in [0, 0.1) is 18.3 Å². The maximum atomic E-state index is 12.8. The summed E-state index contributed by atoms with van der Waals surface area (Å²) in [5.74, 6) is 0.0872. The molecule has 2 heterocycles. The Hall–Kier alpha value is -1.66. The highest BCUT2D eigenvalue weighted by Gasteiger charge is 2.32. The van der Waals surface area contributed by atoms with Crippen molar-refractivity contribution in [2.45, 2.75) is 47.0 Å². The van der Waals surface area contributed by atoms with Gasteiger partial charge in [0.15, 0.2) is 0 Å². The first kappa shape index (κ1) is 19.1. The van der Waals surface area contributed by atoms with Gasteiger partial charge in [-0.15, -0.1) is 22.7 Å². The Bertz CT molecular complexity index is 842. The molecule has 0 saturated carbocycles. The summed E-state index contributed by atoms with van der Waals surface area (Å²) in [5.41, 5.74) is 2.63. The molecule has 26 heavy (non-hydrogen) atoms. The predicted octanol–water partition coefficient (Wildman–Crippen LogP) is 5.31. The van der Waals surface area contributed by atoms with E-state index < -0.39 is 5.97 Å². The van der Waals surface area contributed by atoms with E-state index in [-0.39, 0.29) is 11.3 Å². The van der Waals surface area contributed by atoms with Crippen LogP contribution in [0.1, 0.15) is 63.2 Å². The zero-order valence-corrected chi connectivity index (χ0v) is 17.5. The van der Waals surface area contributed by atoms with Crippen molar-refractivity contribution in [2.24, 2.45) is 11.3 Å². The number of esters is 1. The first-order valence-corrected chi connectivity index (χ1v) is 10.5. The van der Waals surface area contributed by atoms with Crippen LogP contribution in [0.25, 0.3) is 0 Å². The third-order valence-corrected chi connectivity index (χ3v) is 7.13. The van der Waals surface area contributed by atoms with Gasteiger partial charge in [0.05, 0.1) is 18.2 Å². The van der Waals surface area contributed by atoms with Crippen LogP contribution in [0.3, 0.4) is 0 Å². The number of carbonyl (C=O) groups excluding carboxylic acids is 2. The van der Waals surface area contributed by atoms with E-state index in [0.29, 0.717) is 16.5 Å². The van der Waals surface area contributed by atoms with E-state index in [1.54, 1.807) is 17.4 Å². The number of thiophene rings is 2. The highest BCUT2D eigenvalue weighted by molar-refractivity contribution is 7.16. The minimum absolute atomic E-state index is 0.135. The maximum absolute atomic E-state index is 12.8. The van der Waals surface area contributed by atoms with Crippen LogP contribution in [0.4, 0.5) is 5.00 Å². The Morgan fingerprint density at radius 1 is 1.27 bits per heavy atom. The van der Waals surface area contributed by atoms with E-state index >= 15 is 0 Å². The number of nitrogens with one attached hydrogen (secondary N) is 1. The van der Waals surface area contributed by atoms with Gasteiger partial charge in [-0.1, -0.05) is 20.8 Å². The number of rotatable bonds is 3. The number of hydrogen-bond acceptors (Lipinski definition) is 5. The van der Waals surface area contributed by atoms with Crippen molar-refractivity contribution in [2.75, 3.05) is 12.4 Å². The van der Waals surface area contributed by atoms with Gasteiger partial charge in [0.1, 0.15) is 5.00 Å². The van der Waals surface area contributed by atoms with Crippen LogP contribution in [0.15, 0.2) is 11.4 Å². The summed E-state index contributed by atoms with van der Waals surface area (Å²) in [6, 6.07) is 1.75. The molecule has 1 unspecified atom stereocenters. The summed E-state index contributed by atoms with van der Waals surface area (Å²) in [4.78, 5) is 27.1. The topological polar surface area (TPSA) is 55.4 Å². The van der Waals surface area contributed by atoms with Gasteiger partial charge in [-0.05, 0) is 49.1 Å². The highest BCUT2D eigenvalue weighted by Crippen LogP contribution is 2.41. The van der Waals surface area contributed by atoms with Crippen LogP contribution in [0.5, 0.6) is 0 Å². The fourth-order valence-electron chi connectivity index (χ4n) is 3.48. The first-order chi connectivity index (χ1) is 12.2. The molecule has 140 valence electrons. The van der Waals surface area contributed by atoms with Gasteiger partial charge in [0.2, 0.25) is 0 Å². The van der Waals surface area contributed by atoms with Gasteiger partial charge >= 0.3 is 5.97 Å². The second-order valence-electron chi connectivity index (χ2n) is 7.90. The predicted molar refractivity (Wildman–Crippen MR) is 108 cm³/mol. The SMILES string of the molecule is COC(=O)c1cc(C)sc1NC(=O)c1csc2c1CCC(C(C)(C)C)C2. The second-order valence-corrected chi connectivity index (χ2v) is 10.1. The van der Waals surface area contributed by atoms with E-state index in [2.05, 4.69) is 26.1 Å².